The lowest BCUT2D eigenvalue weighted by atomic mass is 10.0. The third-order valence-corrected chi connectivity index (χ3v) is 6.43. The number of amides is 1. The van der Waals surface area contributed by atoms with E-state index in [1.54, 1.807) is 14.0 Å². The van der Waals surface area contributed by atoms with Crippen molar-refractivity contribution in [3.8, 4) is 0 Å². The van der Waals surface area contributed by atoms with Crippen molar-refractivity contribution in [3.63, 3.8) is 0 Å². The molecule has 0 saturated carbocycles. The van der Waals surface area contributed by atoms with Crippen molar-refractivity contribution in [3.05, 3.63) is 32.5 Å². The van der Waals surface area contributed by atoms with E-state index in [1.165, 1.54) is 6.20 Å². The highest BCUT2D eigenvalue weighted by Crippen LogP contribution is 2.30. The van der Waals surface area contributed by atoms with Crippen LogP contribution in [0.4, 0.5) is 5.13 Å². The predicted molar refractivity (Wildman–Crippen MR) is 104 cm³/mol. The zero-order valence-corrected chi connectivity index (χ0v) is 16.9. The number of ether oxygens (including phenoxy) is 1. The molecule has 0 aliphatic carbocycles. The van der Waals surface area contributed by atoms with Crippen LogP contribution >= 0.6 is 34.5 Å². The Morgan fingerprint density at radius 3 is 2.74 bits per heavy atom. The van der Waals surface area contributed by atoms with Crippen LogP contribution in [-0.4, -0.2) is 59.3 Å². The summed E-state index contributed by atoms with van der Waals surface area (Å²) in [5.74, 6) is -1.35. The highest BCUT2D eigenvalue weighted by Gasteiger charge is 2.33. The van der Waals surface area contributed by atoms with Gasteiger partial charge in [0, 0.05) is 25.9 Å². The van der Waals surface area contributed by atoms with Gasteiger partial charge < -0.3 is 25.0 Å². The Bertz CT molecular complexity index is 869. The molecule has 3 heterocycles. The molecule has 1 fully saturated rings. The molecule has 1 amide bonds. The topological polar surface area (TPSA) is 108 Å². The number of methoxy groups -OCH3 is 1. The van der Waals surface area contributed by atoms with Crippen LogP contribution < -0.4 is 10.2 Å². The maximum Gasteiger partial charge on any atom is 0.347 e. The van der Waals surface area contributed by atoms with Crippen molar-refractivity contribution in [2.24, 2.45) is 0 Å². The molecule has 1 saturated heterocycles. The first-order chi connectivity index (χ1) is 12.8. The zero-order valence-electron chi connectivity index (χ0n) is 14.6. The van der Waals surface area contributed by atoms with Gasteiger partial charge >= 0.3 is 5.97 Å². The molecule has 3 N–H and O–H groups in total. The second-order valence-corrected chi connectivity index (χ2v) is 7.92. The fourth-order valence-electron chi connectivity index (χ4n) is 2.97. The Labute approximate surface area is 169 Å². The summed E-state index contributed by atoms with van der Waals surface area (Å²) in [6.07, 6.45) is 1.67. The van der Waals surface area contributed by atoms with E-state index in [4.69, 9.17) is 33.0 Å². The molecular weight excluding hydrogens is 415 g/mol. The molecular formula is C16H18Cl2N4O4S. The molecule has 146 valence electrons. The van der Waals surface area contributed by atoms with Crippen LogP contribution in [0.3, 0.4) is 0 Å². The number of carboxylic acids is 1. The van der Waals surface area contributed by atoms with Crippen LogP contribution in [-0.2, 0) is 4.74 Å². The summed E-state index contributed by atoms with van der Waals surface area (Å²) in [5.41, 5.74) is 0.852. The summed E-state index contributed by atoms with van der Waals surface area (Å²) in [6, 6.07) is -0.226. The first kappa shape index (κ1) is 19.9. The number of anilines is 1. The molecule has 0 radical (unpaired) electrons. The molecule has 1 aliphatic heterocycles. The highest BCUT2D eigenvalue weighted by atomic mass is 35.5. The normalized spacial score (nSPS) is 19.9. The van der Waals surface area contributed by atoms with E-state index in [2.05, 4.69) is 15.3 Å². The van der Waals surface area contributed by atoms with Gasteiger partial charge in [0.05, 0.1) is 28.4 Å². The number of halogens is 2. The number of rotatable bonds is 5. The van der Waals surface area contributed by atoms with Crippen LogP contribution in [0.5, 0.6) is 0 Å². The van der Waals surface area contributed by atoms with Crippen molar-refractivity contribution >= 4 is 51.5 Å². The summed E-state index contributed by atoms with van der Waals surface area (Å²) in [7, 11) is 1.57. The van der Waals surface area contributed by atoms with Crippen molar-refractivity contribution in [1.29, 1.82) is 0 Å². The summed E-state index contributed by atoms with van der Waals surface area (Å²) >= 11 is 13.3. The van der Waals surface area contributed by atoms with E-state index >= 15 is 0 Å². The van der Waals surface area contributed by atoms with Crippen LogP contribution in [0.1, 0.15) is 32.3 Å². The van der Waals surface area contributed by atoms with E-state index in [0.717, 1.165) is 11.3 Å². The minimum atomic E-state index is -0.999. The van der Waals surface area contributed by atoms with E-state index in [1.807, 2.05) is 4.90 Å². The molecule has 8 nitrogen and oxygen atoms in total. The second kappa shape index (κ2) is 8.05. The summed E-state index contributed by atoms with van der Waals surface area (Å²) in [4.78, 5) is 32.8. The molecule has 27 heavy (non-hydrogen) atoms. The average Bonchev–Trinajstić information content (AvgIpc) is 3.23. The van der Waals surface area contributed by atoms with Gasteiger partial charge in [-0.15, -0.1) is 0 Å². The van der Waals surface area contributed by atoms with Gasteiger partial charge in [-0.25, -0.2) is 9.78 Å². The van der Waals surface area contributed by atoms with Crippen molar-refractivity contribution < 1.29 is 19.4 Å². The molecule has 0 spiro atoms. The van der Waals surface area contributed by atoms with Crippen LogP contribution in [0, 0.1) is 6.92 Å². The second-order valence-electron chi connectivity index (χ2n) is 6.15. The number of H-pyrrole nitrogens is 1. The number of aromatic carboxylic acids is 1. The number of nitrogens with zero attached hydrogens (tertiary/aromatic N) is 2. The molecule has 3 rings (SSSR count). The molecule has 1 aliphatic rings. The molecule has 11 heteroatoms. The predicted octanol–water partition coefficient (Wildman–Crippen LogP) is 2.81. The van der Waals surface area contributed by atoms with Crippen molar-refractivity contribution in [2.45, 2.75) is 25.5 Å². The van der Waals surface area contributed by atoms with Crippen molar-refractivity contribution in [1.82, 2.24) is 15.3 Å². The van der Waals surface area contributed by atoms with E-state index in [0.29, 0.717) is 35.4 Å². The Hall–Kier alpha value is -1.81. The van der Waals surface area contributed by atoms with E-state index in [-0.39, 0.29) is 33.6 Å². The minimum Gasteiger partial charge on any atom is -0.477 e. The lowest BCUT2D eigenvalue weighted by Gasteiger charge is -2.37. The first-order valence-electron chi connectivity index (χ1n) is 8.13. The number of thiazole rings is 1. The number of aromatic nitrogens is 2. The fraction of sp³-hybridized carbons (Fsp3) is 0.438. The van der Waals surface area contributed by atoms with Crippen molar-refractivity contribution in [2.75, 3.05) is 25.1 Å². The SMILES string of the molecule is CO[C@@H]1CN(c2ncc(C(=O)O)s2)CC[C@H]1NC(=O)c1[nH]c(C)c(Cl)c1Cl. The minimum absolute atomic E-state index is 0.183. The van der Waals surface area contributed by atoms with Gasteiger partial charge in [0.1, 0.15) is 10.6 Å². The largest absolute Gasteiger partial charge is 0.477 e. The Balaban J connectivity index is 1.68. The molecule has 0 aromatic carbocycles. The maximum atomic E-state index is 12.6. The summed E-state index contributed by atoms with van der Waals surface area (Å²) in [5, 5.41) is 13.1. The molecule has 2 aromatic heterocycles. The average molecular weight is 433 g/mol. The lowest BCUT2D eigenvalue weighted by Crippen LogP contribution is -2.55. The monoisotopic (exact) mass is 432 g/mol. The number of carbonyl (C=O) groups excluding carboxylic acids is 1. The summed E-state index contributed by atoms with van der Waals surface area (Å²) in [6.45, 7) is 2.82. The van der Waals surface area contributed by atoms with Crippen LogP contribution in [0.25, 0.3) is 0 Å². The number of piperidine rings is 1. The van der Waals surface area contributed by atoms with Gasteiger partial charge in [-0.2, -0.15) is 0 Å². The Morgan fingerprint density at radius 1 is 1.44 bits per heavy atom. The zero-order chi connectivity index (χ0) is 19.7. The van der Waals surface area contributed by atoms with E-state index < -0.39 is 5.97 Å². The Kier molecular flexibility index (Phi) is 5.95. The number of carboxylic acid groups (broad SMARTS) is 1. The number of aryl methyl sites for hydroxylation is 1. The number of hydrogen-bond donors (Lipinski definition) is 3. The number of hydrogen-bond acceptors (Lipinski definition) is 6. The molecule has 0 unspecified atom stereocenters. The van der Waals surface area contributed by atoms with E-state index in [9.17, 15) is 9.59 Å². The quantitative estimate of drug-likeness (QED) is 0.670. The number of nitrogens with one attached hydrogen (secondary N) is 2. The third kappa shape index (κ3) is 4.06. The van der Waals surface area contributed by atoms with Gasteiger partial charge in [0.15, 0.2) is 5.13 Å². The van der Waals surface area contributed by atoms with Gasteiger partial charge in [-0.3, -0.25) is 4.79 Å². The molecule has 2 atom stereocenters. The summed E-state index contributed by atoms with van der Waals surface area (Å²) < 4.78 is 5.54. The van der Waals surface area contributed by atoms with Gasteiger partial charge in [-0.1, -0.05) is 34.5 Å². The third-order valence-electron chi connectivity index (χ3n) is 4.43. The number of carbonyl (C=O) groups is 2. The fourth-order valence-corrected chi connectivity index (χ4v) is 4.18. The molecule has 2 aromatic rings. The maximum absolute atomic E-state index is 12.6. The van der Waals surface area contributed by atoms with Gasteiger partial charge in [-0.05, 0) is 13.3 Å². The van der Waals surface area contributed by atoms with Crippen LogP contribution in [0.15, 0.2) is 6.20 Å². The highest BCUT2D eigenvalue weighted by molar-refractivity contribution is 7.17. The van der Waals surface area contributed by atoms with Gasteiger partial charge in [0.2, 0.25) is 0 Å². The van der Waals surface area contributed by atoms with Crippen LogP contribution in [0.2, 0.25) is 10.0 Å². The smallest absolute Gasteiger partial charge is 0.347 e. The van der Waals surface area contributed by atoms with Gasteiger partial charge in [0.25, 0.3) is 5.91 Å². The first-order valence-corrected chi connectivity index (χ1v) is 9.70. The lowest BCUT2D eigenvalue weighted by molar-refractivity contribution is 0.0540. The number of aromatic amines is 1. The molecule has 0 bridgehead atoms. The standard InChI is InChI=1S/C16H18Cl2N4O4S/c1-7-11(17)12(18)13(20-7)14(23)21-8-3-4-22(6-9(8)26-2)16-19-5-10(27-16)15(24)25/h5,8-9,20H,3-4,6H2,1-2H3,(H,21,23)(H,24,25)/t8-,9-/m1/s1. The Morgan fingerprint density at radius 2 is 2.19 bits per heavy atom.